The highest BCUT2D eigenvalue weighted by atomic mass is 32.2. The van der Waals surface area contributed by atoms with E-state index in [0.29, 0.717) is 26.2 Å². The van der Waals surface area contributed by atoms with Gasteiger partial charge < -0.3 is 0 Å². The molecular weight excluding hydrogens is 400 g/mol. The van der Waals surface area contributed by atoms with Crippen molar-refractivity contribution in [2.45, 2.75) is 11.4 Å². The molecule has 0 unspecified atom stereocenters. The summed E-state index contributed by atoms with van der Waals surface area (Å²) >= 11 is 0. The largest absolute Gasteiger partial charge is 0.296 e. The maximum Gasteiger partial charge on any atom is 0.242 e. The van der Waals surface area contributed by atoms with Gasteiger partial charge in [-0.05, 0) is 17.7 Å². The van der Waals surface area contributed by atoms with Gasteiger partial charge in [0.15, 0.2) is 0 Å². The molecule has 28 heavy (non-hydrogen) atoms. The second-order valence-electron chi connectivity index (χ2n) is 6.56. The van der Waals surface area contributed by atoms with Gasteiger partial charge in [-0.25, -0.2) is 21.6 Å². The van der Waals surface area contributed by atoms with Gasteiger partial charge in [0.25, 0.3) is 0 Å². The van der Waals surface area contributed by atoms with Crippen LogP contribution in [0.3, 0.4) is 0 Å². The molecule has 10 heteroatoms. The molecule has 0 radical (unpaired) electrons. The SMILES string of the molecule is O=S(=O)(NCCS(=O)(=O)N1CCN(Cc2ccccc2)CC1)c1cccnc1. The quantitative estimate of drug-likeness (QED) is 0.663. The third-order valence-electron chi connectivity index (χ3n) is 4.57. The molecule has 0 bridgehead atoms. The van der Waals surface area contributed by atoms with Crippen molar-refractivity contribution in [2.75, 3.05) is 38.5 Å². The van der Waals surface area contributed by atoms with Gasteiger partial charge in [0.1, 0.15) is 4.90 Å². The highest BCUT2D eigenvalue weighted by Gasteiger charge is 2.27. The maximum absolute atomic E-state index is 12.5. The number of piperazine rings is 1. The summed E-state index contributed by atoms with van der Waals surface area (Å²) in [4.78, 5) is 6.00. The van der Waals surface area contributed by atoms with Crippen LogP contribution >= 0.6 is 0 Å². The molecule has 152 valence electrons. The van der Waals surface area contributed by atoms with Crippen molar-refractivity contribution in [2.24, 2.45) is 0 Å². The van der Waals surface area contributed by atoms with E-state index in [4.69, 9.17) is 0 Å². The normalized spacial score (nSPS) is 16.9. The molecule has 0 amide bonds. The third-order valence-corrected chi connectivity index (χ3v) is 7.89. The van der Waals surface area contributed by atoms with Crippen LogP contribution in [0.4, 0.5) is 0 Å². The van der Waals surface area contributed by atoms with E-state index in [1.165, 1.54) is 34.4 Å². The van der Waals surface area contributed by atoms with Crippen LogP contribution in [0.15, 0.2) is 59.8 Å². The molecule has 2 aromatic rings. The Balaban J connectivity index is 1.48. The highest BCUT2D eigenvalue weighted by Crippen LogP contribution is 2.12. The predicted molar refractivity (Wildman–Crippen MR) is 107 cm³/mol. The zero-order valence-electron chi connectivity index (χ0n) is 15.4. The van der Waals surface area contributed by atoms with E-state index < -0.39 is 20.0 Å². The molecule has 1 aromatic heterocycles. The van der Waals surface area contributed by atoms with Crippen molar-refractivity contribution in [1.29, 1.82) is 0 Å². The van der Waals surface area contributed by atoms with Crippen LogP contribution in [0.5, 0.6) is 0 Å². The number of nitrogens with one attached hydrogen (secondary N) is 1. The van der Waals surface area contributed by atoms with E-state index in [0.717, 1.165) is 6.54 Å². The Kier molecular flexibility index (Phi) is 6.78. The Labute approximate surface area is 166 Å². The number of hydrogen-bond donors (Lipinski definition) is 1. The zero-order valence-corrected chi connectivity index (χ0v) is 17.1. The lowest BCUT2D eigenvalue weighted by molar-refractivity contribution is 0.181. The Morgan fingerprint density at radius 2 is 1.64 bits per heavy atom. The van der Waals surface area contributed by atoms with Crippen LogP contribution in [0, 0.1) is 0 Å². The van der Waals surface area contributed by atoms with E-state index in [-0.39, 0.29) is 17.2 Å². The van der Waals surface area contributed by atoms with E-state index >= 15 is 0 Å². The fraction of sp³-hybridized carbons (Fsp3) is 0.389. The molecule has 2 heterocycles. The topological polar surface area (TPSA) is 99.7 Å². The summed E-state index contributed by atoms with van der Waals surface area (Å²) < 4.78 is 53.1. The molecule has 1 aromatic carbocycles. The van der Waals surface area contributed by atoms with Crippen LogP contribution in [-0.2, 0) is 26.6 Å². The smallest absolute Gasteiger partial charge is 0.242 e. The molecule has 0 aliphatic carbocycles. The summed E-state index contributed by atoms with van der Waals surface area (Å²) in [6.45, 7) is 2.73. The average Bonchev–Trinajstić information content (AvgIpc) is 2.69. The number of pyridine rings is 1. The molecule has 0 spiro atoms. The first kappa shape index (κ1) is 20.9. The lowest BCUT2D eigenvalue weighted by Crippen LogP contribution is -2.49. The number of nitrogens with zero attached hydrogens (tertiary/aromatic N) is 3. The standard InChI is InChI=1S/C18H24N4O4S2/c23-27(24,14-9-20-28(25,26)18-7-4-8-19-15-18)22-12-10-21(11-13-22)16-17-5-2-1-3-6-17/h1-8,15,20H,9-14,16H2. The van der Waals surface area contributed by atoms with Crippen molar-refractivity contribution in [3.05, 3.63) is 60.4 Å². The van der Waals surface area contributed by atoms with Crippen LogP contribution in [0.1, 0.15) is 5.56 Å². The van der Waals surface area contributed by atoms with E-state index in [1.807, 2.05) is 18.2 Å². The van der Waals surface area contributed by atoms with Crippen molar-refractivity contribution in [3.63, 3.8) is 0 Å². The monoisotopic (exact) mass is 424 g/mol. The van der Waals surface area contributed by atoms with E-state index in [2.05, 4.69) is 26.7 Å². The van der Waals surface area contributed by atoms with E-state index in [9.17, 15) is 16.8 Å². The Morgan fingerprint density at radius 1 is 0.929 bits per heavy atom. The first-order valence-corrected chi connectivity index (χ1v) is 12.1. The van der Waals surface area contributed by atoms with Gasteiger partial charge in [0.05, 0.1) is 5.75 Å². The average molecular weight is 425 g/mol. The summed E-state index contributed by atoms with van der Waals surface area (Å²) in [5.74, 6) is -0.273. The Bertz CT molecular complexity index is 959. The van der Waals surface area contributed by atoms with Crippen molar-refractivity contribution < 1.29 is 16.8 Å². The summed E-state index contributed by atoms with van der Waals surface area (Å²) in [5, 5.41) is 0. The zero-order chi connectivity index (χ0) is 20.0. The number of benzene rings is 1. The molecular formula is C18H24N4O4S2. The van der Waals surface area contributed by atoms with Crippen LogP contribution in [0.25, 0.3) is 0 Å². The molecule has 1 aliphatic heterocycles. The van der Waals surface area contributed by atoms with Gasteiger partial charge >= 0.3 is 0 Å². The van der Waals surface area contributed by atoms with Crippen LogP contribution in [-0.4, -0.2) is 69.5 Å². The second-order valence-corrected chi connectivity index (χ2v) is 10.4. The minimum absolute atomic E-state index is 0.0157. The van der Waals surface area contributed by atoms with Crippen LogP contribution < -0.4 is 4.72 Å². The molecule has 1 aliphatic rings. The fourth-order valence-corrected chi connectivity index (χ4v) is 5.49. The summed E-state index contributed by atoms with van der Waals surface area (Å²) in [6, 6.07) is 13.0. The minimum atomic E-state index is -3.76. The molecule has 1 saturated heterocycles. The number of sulfonamides is 2. The molecule has 3 rings (SSSR count). The Morgan fingerprint density at radius 3 is 2.29 bits per heavy atom. The van der Waals surface area contributed by atoms with E-state index in [1.54, 1.807) is 0 Å². The van der Waals surface area contributed by atoms with Gasteiger partial charge in [0, 0.05) is 51.7 Å². The molecule has 8 nitrogen and oxygen atoms in total. The van der Waals surface area contributed by atoms with Gasteiger partial charge in [0.2, 0.25) is 20.0 Å². The van der Waals surface area contributed by atoms with Crippen LogP contribution in [0.2, 0.25) is 0 Å². The van der Waals surface area contributed by atoms with Gasteiger partial charge in [-0.15, -0.1) is 0 Å². The van der Waals surface area contributed by atoms with Crippen molar-refractivity contribution >= 4 is 20.0 Å². The van der Waals surface area contributed by atoms with Gasteiger partial charge in [-0.3, -0.25) is 9.88 Å². The number of rotatable bonds is 8. The number of aromatic nitrogens is 1. The summed E-state index contributed by atoms with van der Waals surface area (Å²) in [7, 11) is -7.28. The summed E-state index contributed by atoms with van der Waals surface area (Å²) in [5.41, 5.74) is 1.20. The first-order chi connectivity index (χ1) is 13.4. The maximum atomic E-state index is 12.5. The van der Waals surface area contributed by atoms with Gasteiger partial charge in [-0.2, -0.15) is 4.31 Å². The Hall–Kier alpha value is -1.85. The first-order valence-electron chi connectivity index (χ1n) is 9.01. The molecule has 1 N–H and O–H groups in total. The molecule has 0 atom stereocenters. The second kappa shape index (κ2) is 9.10. The summed E-state index contributed by atoms with van der Waals surface area (Å²) in [6.07, 6.45) is 2.70. The van der Waals surface area contributed by atoms with Crippen molar-refractivity contribution in [3.8, 4) is 0 Å². The fourth-order valence-electron chi connectivity index (χ4n) is 3.03. The molecule has 1 fully saturated rings. The number of hydrogen-bond acceptors (Lipinski definition) is 6. The lowest BCUT2D eigenvalue weighted by Gasteiger charge is -2.34. The van der Waals surface area contributed by atoms with Crippen molar-refractivity contribution in [1.82, 2.24) is 18.9 Å². The lowest BCUT2D eigenvalue weighted by atomic mass is 10.2. The highest BCUT2D eigenvalue weighted by molar-refractivity contribution is 7.90. The molecule has 0 saturated carbocycles. The third kappa shape index (κ3) is 5.58. The van der Waals surface area contributed by atoms with Gasteiger partial charge in [-0.1, -0.05) is 30.3 Å². The minimum Gasteiger partial charge on any atom is -0.296 e. The predicted octanol–water partition coefficient (Wildman–Crippen LogP) is 0.508.